The van der Waals surface area contributed by atoms with Crippen molar-refractivity contribution in [3.8, 4) is 0 Å². The van der Waals surface area contributed by atoms with Crippen LogP contribution in [0.15, 0.2) is 22.2 Å². The Balaban J connectivity index is 0.000000189. The number of rotatable bonds is 0. The van der Waals surface area contributed by atoms with E-state index in [1.165, 1.54) is 9.80 Å². The lowest BCUT2D eigenvalue weighted by molar-refractivity contribution is 0.240. The largest absolute Gasteiger partial charge is 0.339 e. The first kappa shape index (κ1) is 25.5. The van der Waals surface area contributed by atoms with Gasteiger partial charge >= 0.3 is 0 Å². The Morgan fingerprint density at radius 3 is 1.47 bits per heavy atom. The monoisotopic (exact) mass is 570 g/mol. The van der Waals surface area contributed by atoms with Gasteiger partial charge in [-0.1, -0.05) is 35.4 Å². The van der Waals surface area contributed by atoms with E-state index in [9.17, 15) is 9.59 Å². The molecule has 2 saturated carbocycles. The minimum absolute atomic E-state index is 0.00697. The van der Waals surface area contributed by atoms with Gasteiger partial charge < -0.3 is 9.80 Å². The summed E-state index contributed by atoms with van der Waals surface area (Å²) < 4.78 is -0.839. The normalized spacial score (nSPS) is 39.0. The van der Waals surface area contributed by atoms with Crippen molar-refractivity contribution in [1.82, 2.24) is 9.80 Å². The van der Waals surface area contributed by atoms with Crippen molar-refractivity contribution in [3.05, 3.63) is 22.2 Å². The van der Waals surface area contributed by atoms with Gasteiger partial charge in [0.1, 0.15) is 4.33 Å². The molecule has 2 amide bonds. The molecule has 0 aliphatic heterocycles. The smallest absolute Gasteiger partial charge is 0.292 e. The number of fused-ring (bicyclic) bond motifs is 9. The van der Waals surface area contributed by atoms with Crippen LogP contribution in [0, 0.1) is 23.7 Å². The minimum Gasteiger partial charge on any atom is -0.339 e. The Morgan fingerprint density at radius 2 is 1.17 bits per heavy atom. The quantitative estimate of drug-likeness (QED) is 0.136. The molecule has 4 aliphatic rings. The molecular weight excluding hydrogens is 553 g/mol. The number of carbonyl (C=O) groups is 2. The molecule has 4 aliphatic carbocycles. The third-order valence-corrected chi connectivity index (χ3v) is 11.7. The number of carbonyl (C=O) groups excluding carboxylic acids is 2. The van der Waals surface area contributed by atoms with E-state index in [-0.39, 0.29) is 34.2 Å². The number of hydrogen-bond acceptors (Lipinski definition) is 4. The van der Waals surface area contributed by atoms with Gasteiger partial charge in [-0.05, 0) is 18.3 Å². The fraction of sp³-hybridized carbons (Fsp3) is 0.667. The van der Waals surface area contributed by atoms with E-state index in [2.05, 4.69) is 12.2 Å². The second kappa shape index (κ2) is 8.57. The highest BCUT2D eigenvalue weighted by molar-refractivity contribution is 8.87. The van der Waals surface area contributed by atoms with Crippen LogP contribution in [-0.2, 0) is 0 Å². The van der Waals surface area contributed by atoms with Gasteiger partial charge in [0.15, 0.2) is 0 Å². The molecule has 6 atom stereocenters. The van der Waals surface area contributed by atoms with E-state index in [0.29, 0.717) is 16.5 Å². The van der Waals surface area contributed by atoms with Crippen molar-refractivity contribution in [2.24, 2.45) is 23.7 Å². The SMILES string of the molecule is CN(C)C(=O)SSC(=O)N(C)C.ClC1=C(Cl)C2(Cl)CC1(Cl)C1C2C2C=CC1C2(Cl)Cl. The maximum absolute atomic E-state index is 11.0. The van der Waals surface area contributed by atoms with E-state index in [4.69, 9.17) is 69.6 Å². The summed E-state index contributed by atoms with van der Waals surface area (Å²) in [6.07, 6.45) is 4.67. The average Bonchev–Trinajstić information content (AvgIpc) is 3.24. The van der Waals surface area contributed by atoms with Gasteiger partial charge in [0.25, 0.3) is 10.5 Å². The molecule has 6 unspecified atom stereocenters. The highest BCUT2D eigenvalue weighted by Crippen LogP contribution is 2.78. The Labute approximate surface area is 214 Å². The predicted octanol–water partition coefficient (Wildman–Crippen LogP) is 7.00. The lowest BCUT2D eigenvalue weighted by Gasteiger charge is -2.37. The van der Waals surface area contributed by atoms with E-state index in [1.54, 1.807) is 28.2 Å². The molecule has 0 N–H and O–H groups in total. The fourth-order valence-electron chi connectivity index (χ4n) is 4.66. The molecule has 0 aromatic heterocycles. The van der Waals surface area contributed by atoms with E-state index >= 15 is 0 Å². The van der Waals surface area contributed by atoms with Crippen molar-refractivity contribution in [2.75, 3.05) is 28.2 Å². The van der Waals surface area contributed by atoms with Crippen LogP contribution in [0.3, 0.4) is 0 Å². The Bertz CT molecular complexity index is 773. The molecule has 0 aromatic carbocycles. The zero-order chi connectivity index (χ0) is 22.8. The summed E-state index contributed by atoms with van der Waals surface area (Å²) in [6.45, 7) is 0. The maximum Gasteiger partial charge on any atom is 0.292 e. The summed E-state index contributed by atoms with van der Waals surface area (Å²) in [5.41, 5.74) is 0. The van der Waals surface area contributed by atoms with Crippen LogP contribution in [0.2, 0.25) is 0 Å². The van der Waals surface area contributed by atoms with Gasteiger partial charge in [-0.15, -0.1) is 46.4 Å². The van der Waals surface area contributed by atoms with Gasteiger partial charge in [-0.3, -0.25) is 9.59 Å². The van der Waals surface area contributed by atoms with Crippen molar-refractivity contribution < 1.29 is 9.59 Å². The van der Waals surface area contributed by atoms with Crippen LogP contribution < -0.4 is 0 Å². The summed E-state index contributed by atoms with van der Waals surface area (Å²) in [5.74, 6) is 0.119. The van der Waals surface area contributed by atoms with Gasteiger partial charge in [0, 0.05) is 61.6 Å². The second-order valence-electron chi connectivity index (χ2n) is 8.18. The first-order valence-electron chi connectivity index (χ1n) is 8.96. The maximum atomic E-state index is 11.0. The summed E-state index contributed by atoms with van der Waals surface area (Å²) >= 11 is 39.1. The topological polar surface area (TPSA) is 40.6 Å². The molecule has 4 rings (SSSR count). The molecule has 4 bridgehead atoms. The molecule has 0 radical (unpaired) electrons. The van der Waals surface area contributed by atoms with Crippen LogP contribution in [-0.4, -0.2) is 62.6 Å². The van der Waals surface area contributed by atoms with Crippen molar-refractivity contribution >= 4 is 102 Å². The number of allylic oxidation sites excluding steroid dienone is 4. The van der Waals surface area contributed by atoms with Crippen LogP contribution in [0.5, 0.6) is 0 Å². The molecule has 4 nitrogen and oxygen atoms in total. The van der Waals surface area contributed by atoms with Crippen molar-refractivity contribution in [1.29, 1.82) is 0 Å². The van der Waals surface area contributed by atoms with E-state index < -0.39 is 14.1 Å². The number of amides is 2. The van der Waals surface area contributed by atoms with Gasteiger partial charge in [0.2, 0.25) is 0 Å². The number of alkyl halides is 4. The summed E-state index contributed by atoms with van der Waals surface area (Å²) in [6, 6.07) is 0. The Hall–Kier alpha value is 0.860. The van der Waals surface area contributed by atoms with Crippen molar-refractivity contribution in [2.45, 2.75) is 20.5 Å². The molecule has 30 heavy (non-hydrogen) atoms. The highest BCUT2D eigenvalue weighted by atomic mass is 35.5. The third-order valence-electron chi connectivity index (χ3n) is 5.98. The van der Waals surface area contributed by atoms with Crippen molar-refractivity contribution in [3.63, 3.8) is 0 Å². The highest BCUT2D eigenvalue weighted by Gasteiger charge is 2.78. The van der Waals surface area contributed by atoms with E-state index in [1.807, 2.05) is 0 Å². The van der Waals surface area contributed by atoms with E-state index in [0.717, 1.165) is 21.6 Å². The zero-order valence-electron chi connectivity index (χ0n) is 16.5. The van der Waals surface area contributed by atoms with Gasteiger partial charge in [0.05, 0.1) is 19.8 Å². The molecule has 0 aromatic rings. The van der Waals surface area contributed by atoms with Crippen LogP contribution in [0.4, 0.5) is 9.59 Å². The lowest BCUT2D eigenvalue weighted by Crippen LogP contribution is -2.38. The molecule has 0 saturated heterocycles. The Morgan fingerprint density at radius 1 is 0.833 bits per heavy atom. The molecule has 12 heteroatoms. The number of halogens is 6. The minimum atomic E-state index is -0.839. The summed E-state index contributed by atoms with van der Waals surface area (Å²) in [7, 11) is 8.46. The predicted molar refractivity (Wildman–Crippen MR) is 131 cm³/mol. The summed E-state index contributed by atoms with van der Waals surface area (Å²) in [4.78, 5) is 23.4. The molecule has 2 fully saturated rings. The molecule has 168 valence electrons. The molecular formula is C18H20Cl6N2O2S2. The van der Waals surface area contributed by atoms with Gasteiger partial charge in [-0.25, -0.2) is 0 Å². The number of hydrogen-bond donors (Lipinski definition) is 0. The second-order valence-corrected chi connectivity index (χ2v) is 13.8. The molecule has 0 spiro atoms. The van der Waals surface area contributed by atoms with Crippen LogP contribution in [0.1, 0.15) is 6.42 Å². The average molecular weight is 573 g/mol. The van der Waals surface area contributed by atoms with Crippen LogP contribution in [0.25, 0.3) is 0 Å². The molecule has 0 heterocycles. The first-order chi connectivity index (χ1) is 13.7. The fourth-order valence-corrected chi connectivity index (χ4v) is 9.30. The lowest BCUT2D eigenvalue weighted by atomic mass is 9.75. The third kappa shape index (κ3) is 3.79. The van der Waals surface area contributed by atoms with Gasteiger partial charge in [-0.2, -0.15) is 0 Å². The Kier molecular flexibility index (Phi) is 7.28. The zero-order valence-corrected chi connectivity index (χ0v) is 22.6. The summed E-state index contributed by atoms with van der Waals surface area (Å²) in [5, 5.41) is 0.699. The first-order valence-corrected chi connectivity index (χ1v) is 13.4. The number of nitrogens with zero attached hydrogens (tertiary/aromatic N) is 2. The standard InChI is InChI=1S/C12H8Cl6.C6H12N2O2S2/c13-8-9(14)11(16)3-10(8,15)6-4-1-2-5(7(6)11)12(4,17)18;1-7(2)5(9)11-12-6(10)8(3)4/h1-2,4-7H,3H2;1-4H3. The van der Waals surface area contributed by atoms with Crippen LogP contribution >= 0.6 is 91.2 Å².